The molecule has 2 aromatic rings. The van der Waals surface area contributed by atoms with Crippen LogP contribution in [0.3, 0.4) is 0 Å². The van der Waals surface area contributed by atoms with Crippen LogP contribution in [-0.2, 0) is 6.42 Å². The fourth-order valence-corrected chi connectivity index (χ4v) is 2.58. The summed E-state index contributed by atoms with van der Waals surface area (Å²) in [4.78, 5) is 12.1. The average molecular weight is 256 g/mol. The monoisotopic (exact) mass is 256 g/mol. The van der Waals surface area contributed by atoms with Gasteiger partial charge in [0.15, 0.2) is 5.82 Å². The number of nitrogen functional groups attached to an aromatic ring is 1. The Labute approximate surface area is 111 Å². The summed E-state index contributed by atoms with van der Waals surface area (Å²) in [5, 5.41) is 9.47. The van der Waals surface area contributed by atoms with Gasteiger partial charge in [-0.3, -0.25) is 9.89 Å². The van der Waals surface area contributed by atoms with E-state index in [1.165, 1.54) is 11.1 Å². The number of nitrogens with zero attached hydrogens (tertiary/aromatic N) is 1. The zero-order valence-corrected chi connectivity index (χ0v) is 10.7. The SMILES string of the molecule is Cc1[nH]nc(N)c1C(=O)NCC1Cc2ccccc21. The molecule has 1 aliphatic carbocycles. The largest absolute Gasteiger partial charge is 0.382 e. The van der Waals surface area contributed by atoms with Gasteiger partial charge in [0.2, 0.25) is 0 Å². The number of hydrogen-bond donors (Lipinski definition) is 3. The molecule has 1 aliphatic rings. The molecule has 1 unspecified atom stereocenters. The zero-order valence-electron chi connectivity index (χ0n) is 10.7. The normalized spacial score (nSPS) is 16.6. The highest BCUT2D eigenvalue weighted by molar-refractivity contribution is 5.99. The van der Waals surface area contributed by atoms with Crippen LogP contribution in [0.15, 0.2) is 24.3 Å². The smallest absolute Gasteiger partial charge is 0.256 e. The van der Waals surface area contributed by atoms with Gasteiger partial charge in [-0.15, -0.1) is 0 Å². The van der Waals surface area contributed by atoms with E-state index >= 15 is 0 Å². The number of fused-ring (bicyclic) bond motifs is 1. The number of amides is 1. The summed E-state index contributed by atoms with van der Waals surface area (Å²) in [6.45, 7) is 2.43. The van der Waals surface area contributed by atoms with Gasteiger partial charge in [-0.2, -0.15) is 5.10 Å². The van der Waals surface area contributed by atoms with Crippen LogP contribution >= 0.6 is 0 Å². The Hall–Kier alpha value is -2.30. The van der Waals surface area contributed by atoms with Crippen LogP contribution < -0.4 is 11.1 Å². The van der Waals surface area contributed by atoms with E-state index in [9.17, 15) is 4.79 Å². The molecule has 0 bridgehead atoms. The van der Waals surface area contributed by atoms with Crippen LogP contribution in [0, 0.1) is 6.92 Å². The van der Waals surface area contributed by atoms with Crippen molar-refractivity contribution in [3.05, 3.63) is 46.6 Å². The van der Waals surface area contributed by atoms with Crippen molar-refractivity contribution >= 4 is 11.7 Å². The lowest BCUT2D eigenvalue weighted by atomic mass is 9.77. The number of anilines is 1. The molecule has 0 saturated carbocycles. The second-order valence-electron chi connectivity index (χ2n) is 4.92. The molecule has 1 aromatic carbocycles. The number of aromatic amines is 1. The molecule has 4 N–H and O–H groups in total. The van der Waals surface area contributed by atoms with Crippen LogP contribution in [-0.4, -0.2) is 22.6 Å². The summed E-state index contributed by atoms with van der Waals surface area (Å²) in [6.07, 6.45) is 1.02. The van der Waals surface area contributed by atoms with E-state index in [2.05, 4.69) is 27.6 Å². The number of nitrogens with one attached hydrogen (secondary N) is 2. The number of rotatable bonds is 3. The van der Waals surface area contributed by atoms with Crippen molar-refractivity contribution in [2.75, 3.05) is 12.3 Å². The minimum Gasteiger partial charge on any atom is -0.382 e. The quantitative estimate of drug-likeness (QED) is 0.775. The first-order chi connectivity index (χ1) is 9.16. The Morgan fingerprint density at radius 3 is 3.00 bits per heavy atom. The van der Waals surface area contributed by atoms with E-state index in [-0.39, 0.29) is 11.7 Å². The standard InChI is InChI=1S/C14H16N4O/c1-8-12(13(15)18-17-8)14(19)16-7-10-6-9-4-2-3-5-11(9)10/h2-5,10H,6-7H2,1H3,(H,16,19)(H3,15,17,18). The fourth-order valence-electron chi connectivity index (χ4n) is 2.58. The van der Waals surface area contributed by atoms with Crippen molar-refractivity contribution in [3.63, 3.8) is 0 Å². The molecule has 1 heterocycles. The van der Waals surface area contributed by atoms with E-state index in [1.807, 2.05) is 12.1 Å². The highest BCUT2D eigenvalue weighted by Crippen LogP contribution is 2.34. The van der Waals surface area contributed by atoms with Gasteiger partial charge in [0, 0.05) is 18.2 Å². The zero-order chi connectivity index (χ0) is 13.4. The summed E-state index contributed by atoms with van der Waals surface area (Å²) in [5.74, 6) is 0.505. The Bertz CT molecular complexity index is 613. The molecule has 98 valence electrons. The van der Waals surface area contributed by atoms with Crippen molar-refractivity contribution in [2.24, 2.45) is 0 Å². The van der Waals surface area contributed by atoms with Gasteiger partial charge < -0.3 is 11.1 Å². The summed E-state index contributed by atoms with van der Waals surface area (Å²) in [5.41, 5.74) is 9.53. The predicted molar refractivity (Wildman–Crippen MR) is 73.0 cm³/mol. The van der Waals surface area contributed by atoms with Gasteiger partial charge in [-0.25, -0.2) is 0 Å². The number of hydrogen-bond acceptors (Lipinski definition) is 3. The summed E-state index contributed by atoms with van der Waals surface area (Å²) >= 11 is 0. The number of aromatic nitrogens is 2. The Morgan fingerprint density at radius 1 is 1.53 bits per heavy atom. The third-order valence-electron chi connectivity index (χ3n) is 3.67. The van der Waals surface area contributed by atoms with Gasteiger partial charge in [0.25, 0.3) is 5.91 Å². The second kappa shape index (κ2) is 4.42. The van der Waals surface area contributed by atoms with E-state index in [0.29, 0.717) is 23.7 Å². The summed E-state index contributed by atoms with van der Waals surface area (Å²) < 4.78 is 0. The minimum atomic E-state index is -0.159. The number of carbonyl (C=O) groups is 1. The number of aryl methyl sites for hydroxylation is 1. The molecule has 0 aliphatic heterocycles. The molecule has 1 atom stereocenters. The summed E-state index contributed by atoms with van der Waals surface area (Å²) in [6, 6.07) is 8.33. The van der Waals surface area contributed by atoms with Crippen LogP contribution in [0.1, 0.15) is 33.1 Å². The Balaban J connectivity index is 1.64. The first-order valence-corrected chi connectivity index (χ1v) is 6.33. The Morgan fingerprint density at radius 2 is 2.32 bits per heavy atom. The molecular weight excluding hydrogens is 240 g/mol. The van der Waals surface area contributed by atoms with Gasteiger partial charge in [0.05, 0.1) is 0 Å². The highest BCUT2D eigenvalue weighted by atomic mass is 16.1. The van der Waals surface area contributed by atoms with Crippen molar-refractivity contribution in [1.82, 2.24) is 15.5 Å². The van der Waals surface area contributed by atoms with Crippen molar-refractivity contribution in [2.45, 2.75) is 19.3 Å². The topological polar surface area (TPSA) is 83.8 Å². The molecule has 3 rings (SSSR count). The van der Waals surface area contributed by atoms with E-state index in [0.717, 1.165) is 6.42 Å². The van der Waals surface area contributed by atoms with Crippen LogP contribution in [0.25, 0.3) is 0 Å². The molecule has 19 heavy (non-hydrogen) atoms. The van der Waals surface area contributed by atoms with Gasteiger partial charge in [-0.1, -0.05) is 24.3 Å². The van der Waals surface area contributed by atoms with Crippen LogP contribution in [0.2, 0.25) is 0 Å². The Kier molecular flexibility index (Phi) is 2.74. The average Bonchev–Trinajstić information content (AvgIpc) is 2.70. The maximum atomic E-state index is 12.1. The molecular formula is C14H16N4O. The molecule has 5 heteroatoms. The number of H-pyrrole nitrogens is 1. The lowest BCUT2D eigenvalue weighted by Gasteiger charge is -2.30. The van der Waals surface area contributed by atoms with E-state index in [1.54, 1.807) is 6.92 Å². The van der Waals surface area contributed by atoms with Crippen LogP contribution in [0.4, 0.5) is 5.82 Å². The first-order valence-electron chi connectivity index (χ1n) is 6.33. The molecule has 0 radical (unpaired) electrons. The maximum Gasteiger partial charge on any atom is 0.256 e. The molecule has 5 nitrogen and oxygen atoms in total. The first kappa shape index (κ1) is 11.8. The number of benzene rings is 1. The molecule has 0 fully saturated rings. The maximum absolute atomic E-state index is 12.1. The van der Waals surface area contributed by atoms with Crippen LogP contribution in [0.5, 0.6) is 0 Å². The minimum absolute atomic E-state index is 0.159. The van der Waals surface area contributed by atoms with Gasteiger partial charge in [-0.05, 0) is 24.5 Å². The van der Waals surface area contributed by atoms with E-state index in [4.69, 9.17) is 5.73 Å². The molecule has 0 saturated heterocycles. The lowest BCUT2D eigenvalue weighted by Crippen LogP contribution is -2.33. The molecule has 1 aromatic heterocycles. The predicted octanol–water partition coefficient (Wildman–Crippen LogP) is 1.37. The van der Waals surface area contributed by atoms with E-state index < -0.39 is 0 Å². The lowest BCUT2D eigenvalue weighted by molar-refractivity contribution is 0.0950. The highest BCUT2D eigenvalue weighted by Gasteiger charge is 2.26. The van der Waals surface area contributed by atoms with Crippen molar-refractivity contribution in [3.8, 4) is 0 Å². The fraction of sp³-hybridized carbons (Fsp3) is 0.286. The third-order valence-corrected chi connectivity index (χ3v) is 3.67. The van der Waals surface area contributed by atoms with Crippen molar-refractivity contribution < 1.29 is 4.79 Å². The number of nitrogens with two attached hydrogens (primary N) is 1. The van der Waals surface area contributed by atoms with Gasteiger partial charge >= 0.3 is 0 Å². The third kappa shape index (κ3) is 1.97. The molecule has 1 amide bonds. The van der Waals surface area contributed by atoms with Gasteiger partial charge in [0.1, 0.15) is 5.56 Å². The van der Waals surface area contributed by atoms with Crippen molar-refractivity contribution in [1.29, 1.82) is 0 Å². The summed E-state index contributed by atoms with van der Waals surface area (Å²) in [7, 11) is 0. The second-order valence-corrected chi connectivity index (χ2v) is 4.92. The molecule has 0 spiro atoms. The number of carbonyl (C=O) groups excluding carboxylic acids is 1.